The summed E-state index contributed by atoms with van der Waals surface area (Å²) < 4.78 is 5.67. The first-order valence-corrected chi connectivity index (χ1v) is 11.0. The largest absolute Gasteiger partial charge is 0.384 e. The monoisotopic (exact) mass is 442 g/mol. The number of nitrogens with one attached hydrogen (secondary N) is 2. The van der Waals surface area contributed by atoms with Crippen LogP contribution in [0.5, 0.6) is 0 Å². The Hall–Kier alpha value is -3.91. The van der Waals surface area contributed by atoms with Gasteiger partial charge in [0, 0.05) is 42.4 Å². The molecule has 0 bridgehead atoms. The molecule has 4 N–H and O–H groups in total. The van der Waals surface area contributed by atoms with E-state index in [2.05, 4.69) is 46.2 Å². The number of nitrogens with two attached hydrogens (primary N) is 1. The van der Waals surface area contributed by atoms with Gasteiger partial charge in [0.2, 0.25) is 0 Å². The number of morpholine rings is 1. The lowest BCUT2D eigenvalue weighted by Crippen LogP contribution is -2.41. The molecule has 1 saturated heterocycles. The highest BCUT2D eigenvalue weighted by molar-refractivity contribution is 5.95. The summed E-state index contributed by atoms with van der Waals surface area (Å²) in [5, 5.41) is 4.67. The van der Waals surface area contributed by atoms with Crippen LogP contribution in [0.15, 0.2) is 59.7 Å². The summed E-state index contributed by atoms with van der Waals surface area (Å²) in [6.45, 7) is 6.65. The molecule has 1 atom stereocenters. The zero-order chi connectivity index (χ0) is 22.9. The number of nitrogens with zero attached hydrogens (tertiary/aromatic N) is 3. The van der Waals surface area contributed by atoms with E-state index in [0.29, 0.717) is 22.7 Å². The summed E-state index contributed by atoms with van der Waals surface area (Å²) in [6.07, 6.45) is 3.54. The lowest BCUT2D eigenvalue weighted by molar-refractivity contribution is 0.0532. The van der Waals surface area contributed by atoms with E-state index in [9.17, 15) is 4.79 Å². The van der Waals surface area contributed by atoms with E-state index in [0.717, 1.165) is 41.9 Å². The Kier molecular flexibility index (Phi) is 5.43. The van der Waals surface area contributed by atoms with Crippen LogP contribution < -0.4 is 21.5 Å². The van der Waals surface area contributed by atoms with E-state index in [1.807, 2.05) is 24.3 Å². The topological polar surface area (TPSA) is 109 Å². The summed E-state index contributed by atoms with van der Waals surface area (Å²) in [5.41, 5.74) is 10.3. The molecule has 0 aliphatic carbocycles. The standard InChI is InChI=1S/C25H26N6O2/c1-15-11-19(4-5-21(15)31-9-10-33-16(2)14-31)29-24-23-17(7-8-27-25(23)32)12-20(30-24)18-3-6-22(26)28-13-18/h3-8,11-13,16H,9-10,14H2,1-2H3,(H2,26,28)(H,27,32)(H,29,30)/t16-/m1/s1. The van der Waals surface area contributed by atoms with Gasteiger partial charge in [-0.2, -0.15) is 0 Å². The highest BCUT2D eigenvalue weighted by Crippen LogP contribution is 2.30. The Morgan fingerprint density at radius 2 is 2.09 bits per heavy atom. The molecule has 168 valence electrons. The first-order chi connectivity index (χ1) is 16.0. The molecule has 1 fully saturated rings. The molecule has 4 aromatic rings. The maximum Gasteiger partial charge on any atom is 0.259 e. The van der Waals surface area contributed by atoms with E-state index in [1.165, 1.54) is 5.69 Å². The van der Waals surface area contributed by atoms with Crippen LogP contribution in [0.25, 0.3) is 22.0 Å². The van der Waals surface area contributed by atoms with Crippen LogP contribution in [-0.2, 0) is 4.74 Å². The molecule has 1 aliphatic heterocycles. The van der Waals surface area contributed by atoms with E-state index >= 15 is 0 Å². The third kappa shape index (κ3) is 4.25. The molecule has 1 aromatic carbocycles. The second-order valence-electron chi connectivity index (χ2n) is 8.35. The molecule has 1 aliphatic rings. The molecule has 0 spiro atoms. The maximum absolute atomic E-state index is 12.7. The third-order valence-electron chi connectivity index (χ3n) is 5.88. The Morgan fingerprint density at radius 3 is 2.85 bits per heavy atom. The van der Waals surface area contributed by atoms with Crippen molar-refractivity contribution in [3.05, 3.63) is 70.8 Å². The lowest BCUT2D eigenvalue weighted by atomic mass is 10.1. The molecule has 0 radical (unpaired) electrons. The number of rotatable bonds is 4. The minimum Gasteiger partial charge on any atom is -0.384 e. The predicted molar refractivity (Wildman–Crippen MR) is 132 cm³/mol. The average Bonchev–Trinajstić information content (AvgIpc) is 2.79. The summed E-state index contributed by atoms with van der Waals surface area (Å²) in [5.74, 6) is 0.938. The van der Waals surface area contributed by atoms with Crippen LogP contribution in [-0.4, -0.2) is 40.8 Å². The van der Waals surface area contributed by atoms with Gasteiger partial charge in [-0.3, -0.25) is 4.79 Å². The van der Waals surface area contributed by atoms with Gasteiger partial charge in [0.15, 0.2) is 0 Å². The smallest absolute Gasteiger partial charge is 0.259 e. The minimum absolute atomic E-state index is 0.194. The normalized spacial score (nSPS) is 16.2. The van der Waals surface area contributed by atoms with Crippen molar-refractivity contribution in [3.63, 3.8) is 0 Å². The van der Waals surface area contributed by atoms with Crippen LogP contribution in [0.4, 0.5) is 23.0 Å². The van der Waals surface area contributed by atoms with Gasteiger partial charge in [0.05, 0.1) is 23.8 Å². The molecule has 8 heteroatoms. The van der Waals surface area contributed by atoms with Crippen molar-refractivity contribution in [3.8, 4) is 11.3 Å². The number of aryl methyl sites for hydroxylation is 1. The number of hydrogen-bond donors (Lipinski definition) is 3. The van der Waals surface area contributed by atoms with Gasteiger partial charge < -0.3 is 25.7 Å². The molecule has 0 unspecified atom stereocenters. The zero-order valence-corrected chi connectivity index (χ0v) is 18.6. The second-order valence-corrected chi connectivity index (χ2v) is 8.35. The fraction of sp³-hybridized carbons (Fsp3) is 0.240. The number of fused-ring (bicyclic) bond motifs is 1. The number of H-pyrrole nitrogens is 1. The molecule has 5 rings (SSSR count). The molecule has 4 heterocycles. The second kappa shape index (κ2) is 8.55. The third-order valence-corrected chi connectivity index (χ3v) is 5.88. The number of anilines is 4. The maximum atomic E-state index is 12.7. The Morgan fingerprint density at radius 1 is 1.21 bits per heavy atom. The molecule has 8 nitrogen and oxygen atoms in total. The number of ether oxygens (including phenoxy) is 1. The van der Waals surface area contributed by atoms with Crippen LogP contribution in [0.2, 0.25) is 0 Å². The van der Waals surface area contributed by atoms with E-state index in [-0.39, 0.29) is 11.7 Å². The Balaban J connectivity index is 1.53. The zero-order valence-electron chi connectivity index (χ0n) is 18.6. The number of aromatic nitrogens is 3. The van der Waals surface area contributed by atoms with Crippen LogP contribution >= 0.6 is 0 Å². The number of aromatic amines is 1. The van der Waals surface area contributed by atoms with Gasteiger partial charge in [-0.1, -0.05) is 0 Å². The first-order valence-electron chi connectivity index (χ1n) is 11.0. The summed E-state index contributed by atoms with van der Waals surface area (Å²) >= 11 is 0. The average molecular weight is 443 g/mol. The van der Waals surface area contributed by atoms with Gasteiger partial charge in [0.1, 0.15) is 11.6 Å². The van der Waals surface area contributed by atoms with Crippen LogP contribution in [0, 0.1) is 6.92 Å². The van der Waals surface area contributed by atoms with Crippen molar-refractivity contribution in [1.29, 1.82) is 0 Å². The number of hydrogen-bond acceptors (Lipinski definition) is 7. The summed E-state index contributed by atoms with van der Waals surface area (Å²) in [4.78, 5) is 26.7. The van der Waals surface area contributed by atoms with Crippen molar-refractivity contribution < 1.29 is 4.74 Å². The summed E-state index contributed by atoms with van der Waals surface area (Å²) in [6, 6.07) is 13.6. The van der Waals surface area contributed by atoms with Crippen molar-refractivity contribution in [1.82, 2.24) is 15.0 Å². The van der Waals surface area contributed by atoms with Gasteiger partial charge in [-0.25, -0.2) is 9.97 Å². The lowest BCUT2D eigenvalue weighted by Gasteiger charge is -2.34. The number of benzene rings is 1. The van der Waals surface area contributed by atoms with Gasteiger partial charge in [-0.05, 0) is 67.3 Å². The Bertz CT molecular complexity index is 1370. The summed E-state index contributed by atoms with van der Waals surface area (Å²) in [7, 11) is 0. The van der Waals surface area contributed by atoms with E-state index in [1.54, 1.807) is 18.5 Å². The molecule has 0 amide bonds. The molecular weight excluding hydrogens is 416 g/mol. The van der Waals surface area contributed by atoms with Crippen LogP contribution in [0.1, 0.15) is 12.5 Å². The van der Waals surface area contributed by atoms with Gasteiger partial charge >= 0.3 is 0 Å². The fourth-order valence-electron chi connectivity index (χ4n) is 4.27. The minimum atomic E-state index is -0.194. The molecular formula is C25H26N6O2. The number of nitrogen functional groups attached to an aromatic ring is 1. The molecule has 3 aromatic heterocycles. The SMILES string of the molecule is Cc1cc(Nc2nc(-c3ccc(N)nc3)cc3cc[nH]c(=O)c23)ccc1N1CCO[C@H](C)C1. The van der Waals surface area contributed by atoms with Crippen molar-refractivity contribution in [2.24, 2.45) is 0 Å². The highest BCUT2D eigenvalue weighted by atomic mass is 16.5. The Labute approximate surface area is 191 Å². The van der Waals surface area contributed by atoms with E-state index in [4.69, 9.17) is 15.5 Å². The fourth-order valence-corrected chi connectivity index (χ4v) is 4.27. The van der Waals surface area contributed by atoms with Crippen LogP contribution in [0.3, 0.4) is 0 Å². The highest BCUT2D eigenvalue weighted by Gasteiger charge is 2.19. The van der Waals surface area contributed by atoms with Gasteiger partial charge in [0.25, 0.3) is 5.56 Å². The molecule has 33 heavy (non-hydrogen) atoms. The molecule has 0 saturated carbocycles. The van der Waals surface area contributed by atoms with Crippen molar-refractivity contribution in [2.75, 3.05) is 35.6 Å². The van der Waals surface area contributed by atoms with E-state index < -0.39 is 0 Å². The van der Waals surface area contributed by atoms with Gasteiger partial charge in [-0.15, -0.1) is 0 Å². The predicted octanol–water partition coefficient (Wildman–Crippen LogP) is 3.84. The van der Waals surface area contributed by atoms with Crippen molar-refractivity contribution >= 4 is 33.8 Å². The van der Waals surface area contributed by atoms with Crippen molar-refractivity contribution in [2.45, 2.75) is 20.0 Å². The quantitative estimate of drug-likeness (QED) is 0.440. The first kappa shape index (κ1) is 21.0. The number of pyridine rings is 3.